The molecule has 106 valence electrons. The molecule has 0 aromatic heterocycles. The van der Waals surface area contributed by atoms with E-state index >= 15 is 0 Å². The molecule has 4 nitrogen and oxygen atoms in total. The van der Waals surface area contributed by atoms with Crippen molar-refractivity contribution in [3.05, 3.63) is 0 Å². The van der Waals surface area contributed by atoms with Gasteiger partial charge in [0.15, 0.2) is 0 Å². The number of carbonyl (C=O) groups is 1. The number of nitrogens with two attached hydrogens (primary N) is 1. The van der Waals surface area contributed by atoms with Gasteiger partial charge in [0.25, 0.3) is 0 Å². The van der Waals surface area contributed by atoms with Crippen LogP contribution in [0.3, 0.4) is 0 Å². The minimum Gasteiger partial charge on any atom is -0.379 e. The molecule has 2 atom stereocenters. The standard InChI is InChI=1S/C14H28N2O2/c1-14(2,3)11(6-8-15)4-5-13(17)16-12-7-9-18-10-12/h11-12H,4-10,15H2,1-3H3,(H,16,17). The van der Waals surface area contributed by atoms with Crippen molar-refractivity contribution >= 4 is 5.91 Å². The monoisotopic (exact) mass is 256 g/mol. The topological polar surface area (TPSA) is 64.4 Å². The van der Waals surface area contributed by atoms with E-state index < -0.39 is 0 Å². The van der Waals surface area contributed by atoms with Gasteiger partial charge in [-0.1, -0.05) is 20.8 Å². The Morgan fingerprint density at radius 1 is 1.44 bits per heavy atom. The van der Waals surface area contributed by atoms with E-state index in [4.69, 9.17) is 10.5 Å². The molecule has 1 heterocycles. The first-order valence-electron chi connectivity index (χ1n) is 7.00. The number of rotatable bonds is 6. The molecule has 1 rings (SSSR count). The minimum atomic E-state index is 0.150. The summed E-state index contributed by atoms with van der Waals surface area (Å²) in [6, 6.07) is 0.222. The lowest BCUT2D eigenvalue weighted by atomic mass is 9.76. The van der Waals surface area contributed by atoms with Crippen LogP contribution in [0.25, 0.3) is 0 Å². The highest BCUT2D eigenvalue weighted by Crippen LogP contribution is 2.32. The number of amides is 1. The highest BCUT2D eigenvalue weighted by atomic mass is 16.5. The van der Waals surface area contributed by atoms with E-state index in [1.54, 1.807) is 0 Å². The first-order valence-corrected chi connectivity index (χ1v) is 7.00. The third-order valence-electron chi connectivity index (χ3n) is 3.75. The Kier molecular flexibility index (Phi) is 6.09. The number of hydrogen-bond acceptors (Lipinski definition) is 3. The molecule has 0 spiro atoms. The van der Waals surface area contributed by atoms with Crippen molar-refractivity contribution in [3.63, 3.8) is 0 Å². The van der Waals surface area contributed by atoms with Gasteiger partial charge in [0.2, 0.25) is 5.91 Å². The van der Waals surface area contributed by atoms with Crippen LogP contribution in [0, 0.1) is 11.3 Å². The molecule has 0 radical (unpaired) electrons. The molecule has 4 heteroatoms. The van der Waals surface area contributed by atoms with Gasteiger partial charge in [0.1, 0.15) is 0 Å². The van der Waals surface area contributed by atoms with Crippen LogP contribution in [0.5, 0.6) is 0 Å². The summed E-state index contributed by atoms with van der Waals surface area (Å²) in [5.41, 5.74) is 5.87. The Morgan fingerprint density at radius 2 is 2.17 bits per heavy atom. The van der Waals surface area contributed by atoms with E-state index in [0.717, 1.165) is 25.9 Å². The van der Waals surface area contributed by atoms with E-state index in [1.807, 2.05) is 0 Å². The van der Waals surface area contributed by atoms with Crippen molar-refractivity contribution in [3.8, 4) is 0 Å². The van der Waals surface area contributed by atoms with Crippen LogP contribution >= 0.6 is 0 Å². The zero-order valence-electron chi connectivity index (χ0n) is 12.0. The highest BCUT2D eigenvalue weighted by Gasteiger charge is 2.25. The van der Waals surface area contributed by atoms with E-state index in [2.05, 4.69) is 26.1 Å². The molecule has 3 N–H and O–H groups in total. The van der Waals surface area contributed by atoms with Crippen LogP contribution in [-0.2, 0) is 9.53 Å². The highest BCUT2D eigenvalue weighted by molar-refractivity contribution is 5.76. The van der Waals surface area contributed by atoms with Crippen molar-refractivity contribution < 1.29 is 9.53 Å². The number of ether oxygens (including phenoxy) is 1. The second kappa shape index (κ2) is 7.10. The summed E-state index contributed by atoms with van der Waals surface area (Å²) in [7, 11) is 0. The second-order valence-corrected chi connectivity index (χ2v) is 6.31. The molecular formula is C14H28N2O2. The molecule has 18 heavy (non-hydrogen) atoms. The third kappa shape index (κ3) is 5.36. The Hall–Kier alpha value is -0.610. The van der Waals surface area contributed by atoms with Crippen molar-refractivity contribution in [2.75, 3.05) is 19.8 Å². The fourth-order valence-electron chi connectivity index (χ4n) is 2.47. The number of hydrogen-bond donors (Lipinski definition) is 2. The zero-order chi connectivity index (χ0) is 13.6. The Labute approximate surface area is 111 Å². The van der Waals surface area contributed by atoms with Gasteiger partial charge in [-0.25, -0.2) is 0 Å². The van der Waals surface area contributed by atoms with Gasteiger partial charge in [0, 0.05) is 13.0 Å². The molecule has 1 fully saturated rings. The van der Waals surface area contributed by atoms with E-state index in [0.29, 0.717) is 25.5 Å². The number of carbonyl (C=O) groups excluding carboxylic acids is 1. The van der Waals surface area contributed by atoms with Crippen LogP contribution in [-0.4, -0.2) is 31.7 Å². The normalized spacial score (nSPS) is 21.9. The van der Waals surface area contributed by atoms with Crippen molar-refractivity contribution in [1.82, 2.24) is 5.32 Å². The maximum absolute atomic E-state index is 11.8. The van der Waals surface area contributed by atoms with E-state index in [1.165, 1.54) is 0 Å². The van der Waals surface area contributed by atoms with Crippen LogP contribution in [0.15, 0.2) is 0 Å². The van der Waals surface area contributed by atoms with Gasteiger partial charge in [-0.3, -0.25) is 4.79 Å². The second-order valence-electron chi connectivity index (χ2n) is 6.31. The first-order chi connectivity index (χ1) is 8.43. The summed E-state index contributed by atoms with van der Waals surface area (Å²) in [4.78, 5) is 11.8. The molecule has 0 bridgehead atoms. The van der Waals surface area contributed by atoms with E-state index in [9.17, 15) is 4.79 Å². The van der Waals surface area contributed by atoms with Crippen LogP contribution in [0.4, 0.5) is 0 Å². The van der Waals surface area contributed by atoms with Gasteiger partial charge in [0.05, 0.1) is 12.6 Å². The molecule has 1 aliphatic heterocycles. The van der Waals surface area contributed by atoms with Crippen LogP contribution < -0.4 is 11.1 Å². The first kappa shape index (κ1) is 15.4. The summed E-state index contributed by atoms with van der Waals surface area (Å²) >= 11 is 0. The fourth-order valence-corrected chi connectivity index (χ4v) is 2.47. The maximum atomic E-state index is 11.8. The summed E-state index contributed by atoms with van der Waals surface area (Å²) in [5, 5.41) is 3.03. The Bertz CT molecular complexity index is 255. The predicted octanol–water partition coefficient (Wildman–Crippen LogP) is 1.68. The summed E-state index contributed by atoms with van der Waals surface area (Å²) in [5.74, 6) is 0.657. The third-order valence-corrected chi connectivity index (χ3v) is 3.75. The molecule has 1 amide bonds. The van der Waals surface area contributed by atoms with Gasteiger partial charge in [-0.15, -0.1) is 0 Å². The molecule has 0 aliphatic carbocycles. The maximum Gasteiger partial charge on any atom is 0.220 e. The van der Waals surface area contributed by atoms with Gasteiger partial charge >= 0.3 is 0 Å². The number of nitrogens with one attached hydrogen (secondary N) is 1. The molecule has 0 aromatic carbocycles. The zero-order valence-corrected chi connectivity index (χ0v) is 12.0. The summed E-state index contributed by atoms with van der Waals surface area (Å²) in [6.45, 7) is 8.78. The van der Waals surface area contributed by atoms with Crippen molar-refractivity contribution in [1.29, 1.82) is 0 Å². The van der Waals surface area contributed by atoms with Crippen LogP contribution in [0.2, 0.25) is 0 Å². The average Bonchev–Trinajstić information content (AvgIpc) is 2.75. The summed E-state index contributed by atoms with van der Waals surface area (Å²) < 4.78 is 5.25. The largest absolute Gasteiger partial charge is 0.379 e. The fraction of sp³-hybridized carbons (Fsp3) is 0.929. The minimum absolute atomic E-state index is 0.150. The lowest BCUT2D eigenvalue weighted by Crippen LogP contribution is -2.35. The molecule has 1 aliphatic rings. The van der Waals surface area contributed by atoms with Gasteiger partial charge in [-0.2, -0.15) is 0 Å². The predicted molar refractivity (Wildman–Crippen MR) is 73.2 cm³/mol. The average molecular weight is 256 g/mol. The molecule has 0 aromatic rings. The van der Waals surface area contributed by atoms with Crippen LogP contribution in [0.1, 0.15) is 46.5 Å². The van der Waals surface area contributed by atoms with E-state index in [-0.39, 0.29) is 17.4 Å². The van der Waals surface area contributed by atoms with Gasteiger partial charge in [-0.05, 0) is 37.1 Å². The summed E-state index contributed by atoms with van der Waals surface area (Å²) in [6.07, 6.45) is 3.44. The smallest absolute Gasteiger partial charge is 0.220 e. The Balaban J connectivity index is 2.30. The molecular weight excluding hydrogens is 228 g/mol. The molecule has 2 unspecified atom stereocenters. The Morgan fingerprint density at radius 3 is 2.67 bits per heavy atom. The SMILES string of the molecule is CC(C)(C)C(CCN)CCC(=O)NC1CCOC1. The van der Waals surface area contributed by atoms with Gasteiger partial charge < -0.3 is 15.8 Å². The van der Waals surface area contributed by atoms with Crippen molar-refractivity contribution in [2.24, 2.45) is 17.1 Å². The lowest BCUT2D eigenvalue weighted by molar-refractivity contribution is -0.122. The quantitative estimate of drug-likeness (QED) is 0.760. The van der Waals surface area contributed by atoms with Crippen molar-refractivity contribution in [2.45, 2.75) is 52.5 Å². The molecule has 1 saturated heterocycles. The lowest BCUT2D eigenvalue weighted by Gasteiger charge is -2.30. The molecule has 0 saturated carbocycles.